The van der Waals surface area contributed by atoms with E-state index in [4.69, 9.17) is 4.42 Å². The lowest BCUT2D eigenvalue weighted by atomic mass is 10.2. The van der Waals surface area contributed by atoms with Crippen LogP contribution >= 0.6 is 11.8 Å². The molecular formula is C15H18FNOS. The molecule has 0 unspecified atom stereocenters. The number of nitrogens with one attached hydrogen (secondary N) is 1. The fourth-order valence-electron chi connectivity index (χ4n) is 1.68. The highest BCUT2D eigenvalue weighted by atomic mass is 32.2. The van der Waals surface area contributed by atoms with E-state index in [1.807, 2.05) is 18.2 Å². The number of rotatable bonds is 6. The molecule has 1 heterocycles. The molecule has 0 saturated carbocycles. The van der Waals surface area contributed by atoms with Gasteiger partial charge in [0.2, 0.25) is 0 Å². The smallest absolute Gasteiger partial charge is 0.123 e. The number of hydrogen-bond acceptors (Lipinski definition) is 3. The van der Waals surface area contributed by atoms with E-state index in [1.165, 1.54) is 6.07 Å². The fourth-order valence-corrected chi connectivity index (χ4v) is 2.63. The number of halogens is 1. The SMILES string of the molecule is CC(C)NCc1cc(F)ccc1SCc1ccco1. The summed E-state index contributed by atoms with van der Waals surface area (Å²) in [7, 11) is 0. The van der Waals surface area contributed by atoms with E-state index in [0.717, 1.165) is 22.0 Å². The van der Waals surface area contributed by atoms with Gasteiger partial charge in [0.25, 0.3) is 0 Å². The van der Waals surface area contributed by atoms with Crippen molar-refractivity contribution < 1.29 is 8.81 Å². The zero-order chi connectivity index (χ0) is 13.7. The molecule has 2 nitrogen and oxygen atoms in total. The van der Waals surface area contributed by atoms with E-state index in [1.54, 1.807) is 24.1 Å². The standard InChI is InChI=1S/C15H18FNOS/c1-11(2)17-9-12-8-13(16)5-6-15(12)19-10-14-4-3-7-18-14/h3-8,11,17H,9-10H2,1-2H3. The Morgan fingerprint density at radius 2 is 2.16 bits per heavy atom. The van der Waals surface area contributed by atoms with Crippen LogP contribution in [0.5, 0.6) is 0 Å². The zero-order valence-corrected chi connectivity index (χ0v) is 12.0. The summed E-state index contributed by atoms with van der Waals surface area (Å²) >= 11 is 1.66. The first kappa shape index (κ1) is 14.2. The van der Waals surface area contributed by atoms with E-state index in [-0.39, 0.29) is 5.82 Å². The summed E-state index contributed by atoms with van der Waals surface area (Å²) in [5.74, 6) is 1.49. The number of benzene rings is 1. The zero-order valence-electron chi connectivity index (χ0n) is 11.2. The minimum Gasteiger partial charge on any atom is -0.468 e. The Hall–Kier alpha value is -1.26. The first-order valence-corrected chi connectivity index (χ1v) is 7.30. The largest absolute Gasteiger partial charge is 0.468 e. The summed E-state index contributed by atoms with van der Waals surface area (Å²) in [5.41, 5.74) is 0.991. The second-order valence-corrected chi connectivity index (χ2v) is 5.67. The predicted molar refractivity (Wildman–Crippen MR) is 76.6 cm³/mol. The highest BCUT2D eigenvalue weighted by Gasteiger charge is 2.07. The normalized spacial score (nSPS) is 11.2. The molecule has 1 N–H and O–H groups in total. The van der Waals surface area contributed by atoms with Crippen molar-refractivity contribution in [2.75, 3.05) is 0 Å². The second-order valence-electron chi connectivity index (χ2n) is 4.66. The van der Waals surface area contributed by atoms with Gasteiger partial charge in [-0.3, -0.25) is 0 Å². The third-order valence-electron chi connectivity index (χ3n) is 2.67. The van der Waals surface area contributed by atoms with Crippen molar-refractivity contribution in [3.63, 3.8) is 0 Å². The Balaban J connectivity index is 2.05. The van der Waals surface area contributed by atoms with Gasteiger partial charge in [-0.05, 0) is 35.9 Å². The van der Waals surface area contributed by atoms with Crippen molar-refractivity contribution in [1.82, 2.24) is 5.32 Å². The van der Waals surface area contributed by atoms with Gasteiger partial charge < -0.3 is 9.73 Å². The predicted octanol–water partition coefficient (Wildman–Crippen LogP) is 4.21. The van der Waals surface area contributed by atoms with Crippen LogP contribution < -0.4 is 5.32 Å². The molecule has 0 atom stereocenters. The summed E-state index contributed by atoms with van der Waals surface area (Å²) in [5, 5.41) is 3.32. The first-order valence-electron chi connectivity index (χ1n) is 6.32. The number of furan rings is 1. The Labute approximate surface area is 117 Å². The van der Waals surface area contributed by atoms with Gasteiger partial charge in [-0.2, -0.15) is 0 Å². The minimum atomic E-state index is -0.192. The van der Waals surface area contributed by atoms with Gasteiger partial charge in [-0.1, -0.05) is 13.8 Å². The molecule has 102 valence electrons. The maximum atomic E-state index is 13.3. The lowest BCUT2D eigenvalue weighted by Crippen LogP contribution is -2.22. The maximum Gasteiger partial charge on any atom is 0.123 e. The summed E-state index contributed by atoms with van der Waals surface area (Å²) in [6, 6.07) is 9.14. The van der Waals surface area contributed by atoms with Crippen LogP contribution in [0.25, 0.3) is 0 Å². The third-order valence-corrected chi connectivity index (χ3v) is 3.81. The highest BCUT2D eigenvalue weighted by Crippen LogP contribution is 2.27. The van der Waals surface area contributed by atoms with Gasteiger partial charge in [0, 0.05) is 17.5 Å². The van der Waals surface area contributed by atoms with Crippen LogP contribution in [0.3, 0.4) is 0 Å². The van der Waals surface area contributed by atoms with Crippen molar-refractivity contribution >= 4 is 11.8 Å². The molecule has 2 aromatic rings. The molecule has 0 bridgehead atoms. The molecule has 0 aliphatic heterocycles. The molecule has 0 aliphatic rings. The Morgan fingerprint density at radius 1 is 1.32 bits per heavy atom. The Morgan fingerprint density at radius 3 is 2.84 bits per heavy atom. The van der Waals surface area contributed by atoms with E-state index < -0.39 is 0 Å². The van der Waals surface area contributed by atoms with Crippen LogP contribution in [0, 0.1) is 5.82 Å². The Kier molecular flexibility index (Phi) is 5.05. The summed E-state index contributed by atoms with van der Waals surface area (Å²) in [6.07, 6.45) is 1.67. The van der Waals surface area contributed by atoms with Crippen LogP contribution in [0.2, 0.25) is 0 Å². The molecule has 0 spiro atoms. The molecule has 4 heteroatoms. The van der Waals surface area contributed by atoms with Gasteiger partial charge in [0.05, 0.1) is 12.0 Å². The van der Waals surface area contributed by atoms with Crippen LogP contribution in [0.4, 0.5) is 4.39 Å². The number of hydrogen-bond donors (Lipinski definition) is 1. The molecule has 1 aromatic heterocycles. The van der Waals surface area contributed by atoms with Gasteiger partial charge in [0.15, 0.2) is 0 Å². The van der Waals surface area contributed by atoms with E-state index >= 15 is 0 Å². The third kappa shape index (κ3) is 4.40. The molecule has 0 radical (unpaired) electrons. The lowest BCUT2D eigenvalue weighted by molar-refractivity contribution is 0.530. The van der Waals surface area contributed by atoms with Crippen LogP contribution in [0.1, 0.15) is 25.2 Å². The average Bonchev–Trinajstić information content (AvgIpc) is 2.88. The van der Waals surface area contributed by atoms with E-state index in [0.29, 0.717) is 12.6 Å². The molecule has 0 amide bonds. The van der Waals surface area contributed by atoms with Gasteiger partial charge in [0.1, 0.15) is 11.6 Å². The van der Waals surface area contributed by atoms with E-state index in [2.05, 4.69) is 19.2 Å². The van der Waals surface area contributed by atoms with Crippen molar-refractivity contribution in [3.05, 3.63) is 53.7 Å². The molecule has 2 rings (SSSR count). The van der Waals surface area contributed by atoms with Crippen LogP contribution in [-0.4, -0.2) is 6.04 Å². The molecule has 19 heavy (non-hydrogen) atoms. The van der Waals surface area contributed by atoms with Crippen molar-refractivity contribution in [3.8, 4) is 0 Å². The number of thioether (sulfide) groups is 1. The molecule has 0 aliphatic carbocycles. The fraction of sp³-hybridized carbons (Fsp3) is 0.333. The van der Waals surface area contributed by atoms with E-state index in [9.17, 15) is 4.39 Å². The molecule has 0 saturated heterocycles. The second kappa shape index (κ2) is 6.78. The highest BCUT2D eigenvalue weighted by molar-refractivity contribution is 7.98. The average molecular weight is 279 g/mol. The quantitative estimate of drug-likeness (QED) is 0.802. The lowest BCUT2D eigenvalue weighted by Gasteiger charge is -2.12. The maximum absolute atomic E-state index is 13.3. The van der Waals surface area contributed by atoms with Gasteiger partial charge in [-0.25, -0.2) is 4.39 Å². The van der Waals surface area contributed by atoms with Crippen molar-refractivity contribution in [2.45, 2.75) is 37.1 Å². The molecule has 0 fully saturated rings. The minimum absolute atomic E-state index is 0.192. The first-order chi connectivity index (χ1) is 9.15. The van der Waals surface area contributed by atoms with Gasteiger partial charge >= 0.3 is 0 Å². The summed E-state index contributed by atoms with van der Waals surface area (Å²) in [6.45, 7) is 4.83. The summed E-state index contributed by atoms with van der Waals surface area (Å²) in [4.78, 5) is 1.09. The van der Waals surface area contributed by atoms with Gasteiger partial charge in [-0.15, -0.1) is 11.8 Å². The van der Waals surface area contributed by atoms with Crippen LogP contribution in [-0.2, 0) is 12.3 Å². The molecular weight excluding hydrogens is 261 g/mol. The molecule has 1 aromatic carbocycles. The monoisotopic (exact) mass is 279 g/mol. The van der Waals surface area contributed by atoms with Crippen molar-refractivity contribution in [2.24, 2.45) is 0 Å². The summed E-state index contributed by atoms with van der Waals surface area (Å²) < 4.78 is 18.6. The Bertz CT molecular complexity index is 511. The topological polar surface area (TPSA) is 25.2 Å². The van der Waals surface area contributed by atoms with Crippen molar-refractivity contribution in [1.29, 1.82) is 0 Å². The van der Waals surface area contributed by atoms with Crippen LogP contribution in [0.15, 0.2) is 45.9 Å².